The first-order valence-corrected chi connectivity index (χ1v) is 6.15. The van der Waals surface area contributed by atoms with Gasteiger partial charge in [0.25, 0.3) is 0 Å². The summed E-state index contributed by atoms with van der Waals surface area (Å²) in [4.78, 5) is 0. The molecule has 0 rings (SSSR count). The van der Waals surface area contributed by atoms with Crippen molar-refractivity contribution in [1.82, 2.24) is 5.32 Å². The van der Waals surface area contributed by atoms with Crippen LogP contribution in [0, 0.1) is 5.92 Å². The zero-order chi connectivity index (χ0) is 10.3. The van der Waals surface area contributed by atoms with Gasteiger partial charge >= 0.3 is 0 Å². The number of rotatable bonds is 7. The molecule has 3 heteroatoms. The predicted octanol–water partition coefficient (Wildman–Crippen LogP) is 2.00. The van der Waals surface area contributed by atoms with Crippen molar-refractivity contribution in [2.24, 2.45) is 5.92 Å². The zero-order valence-electron chi connectivity index (χ0n) is 9.46. The minimum absolute atomic E-state index is 0.486. The van der Waals surface area contributed by atoms with Crippen molar-refractivity contribution in [1.29, 1.82) is 0 Å². The molecule has 0 heterocycles. The Morgan fingerprint density at radius 1 is 1.31 bits per heavy atom. The Morgan fingerprint density at radius 3 is 2.31 bits per heavy atom. The van der Waals surface area contributed by atoms with Crippen LogP contribution in [0.3, 0.4) is 0 Å². The van der Waals surface area contributed by atoms with E-state index in [4.69, 9.17) is 4.74 Å². The topological polar surface area (TPSA) is 21.3 Å². The molecule has 0 amide bonds. The third kappa shape index (κ3) is 6.36. The molecule has 0 aromatic rings. The van der Waals surface area contributed by atoms with Crippen LogP contribution in [0.15, 0.2) is 0 Å². The molecule has 0 aromatic heterocycles. The normalized spacial score (nSPS) is 16.2. The van der Waals surface area contributed by atoms with Gasteiger partial charge in [-0.15, -0.1) is 0 Å². The lowest BCUT2D eigenvalue weighted by Gasteiger charge is -2.23. The Morgan fingerprint density at radius 2 is 1.92 bits per heavy atom. The molecule has 0 aromatic carbocycles. The fraction of sp³-hybridized carbons (Fsp3) is 1.00. The molecule has 2 atom stereocenters. The van der Waals surface area contributed by atoms with Crippen LogP contribution in [0.1, 0.15) is 20.8 Å². The van der Waals surface area contributed by atoms with Crippen molar-refractivity contribution in [3.8, 4) is 0 Å². The Bertz CT molecular complexity index is 119. The molecule has 2 unspecified atom stereocenters. The van der Waals surface area contributed by atoms with Gasteiger partial charge in [0.1, 0.15) is 0 Å². The summed E-state index contributed by atoms with van der Waals surface area (Å²) in [6.07, 6.45) is 2.15. The fourth-order valence-electron chi connectivity index (χ4n) is 1.07. The largest absolute Gasteiger partial charge is 0.383 e. The van der Waals surface area contributed by atoms with Crippen LogP contribution in [0.2, 0.25) is 0 Å². The van der Waals surface area contributed by atoms with Gasteiger partial charge in [0, 0.05) is 24.9 Å². The van der Waals surface area contributed by atoms with E-state index in [1.54, 1.807) is 7.11 Å². The van der Waals surface area contributed by atoms with Crippen molar-refractivity contribution in [3.63, 3.8) is 0 Å². The maximum Gasteiger partial charge on any atom is 0.0618 e. The van der Waals surface area contributed by atoms with E-state index in [0.29, 0.717) is 17.2 Å². The second kappa shape index (κ2) is 7.65. The van der Waals surface area contributed by atoms with Crippen LogP contribution in [0.5, 0.6) is 0 Å². The number of ether oxygens (including phenoxy) is 1. The van der Waals surface area contributed by atoms with Gasteiger partial charge in [0.05, 0.1) is 6.61 Å². The van der Waals surface area contributed by atoms with E-state index >= 15 is 0 Å². The summed E-state index contributed by atoms with van der Waals surface area (Å²) in [6, 6.07) is 0.486. The summed E-state index contributed by atoms with van der Waals surface area (Å²) in [5.41, 5.74) is 0. The Balaban J connectivity index is 3.68. The molecule has 0 aliphatic carbocycles. The smallest absolute Gasteiger partial charge is 0.0618 e. The van der Waals surface area contributed by atoms with Gasteiger partial charge < -0.3 is 10.1 Å². The SMILES string of the molecule is COCC(NCC(C)SC)C(C)C. The first kappa shape index (κ1) is 13.3. The summed E-state index contributed by atoms with van der Waals surface area (Å²) in [5.74, 6) is 0.633. The molecule has 0 aliphatic rings. The number of hydrogen-bond acceptors (Lipinski definition) is 3. The van der Waals surface area contributed by atoms with Crippen molar-refractivity contribution >= 4 is 11.8 Å². The fourth-order valence-corrected chi connectivity index (χ4v) is 1.33. The summed E-state index contributed by atoms with van der Waals surface area (Å²) in [7, 11) is 1.76. The Hall–Kier alpha value is 0.270. The average molecular weight is 205 g/mol. The van der Waals surface area contributed by atoms with E-state index in [1.807, 2.05) is 11.8 Å². The van der Waals surface area contributed by atoms with E-state index < -0.39 is 0 Å². The minimum Gasteiger partial charge on any atom is -0.383 e. The zero-order valence-corrected chi connectivity index (χ0v) is 10.3. The quantitative estimate of drug-likeness (QED) is 0.687. The molecule has 0 fully saturated rings. The average Bonchev–Trinajstić information content (AvgIpc) is 2.11. The van der Waals surface area contributed by atoms with Gasteiger partial charge in [0.15, 0.2) is 0 Å². The second-order valence-corrected chi connectivity index (χ2v) is 5.04. The van der Waals surface area contributed by atoms with Crippen molar-refractivity contribution in [3.05, 3.63) is 0 Å². The Kier molecular flexibility index (Phi) is 7.81. The highest BCUT2D eigenvalue weighted by molar-refractivity contribution is 7.99. The van der Waals surface area contributed by atoms with Gasteiger partial charge in [-0.05, 0) is 12.2 Å². The van der Waals surface area contributed by atoms with Crippen LogP contribution >= 0.6 is 11.8 Å². The second-order valence-electron chi connectivity index (χ2n) is 3.76. The van der Waals surface area contributed by atoms with E-state index in [2.05, 4.69) is 32.3 Å². The summed E-state index contributed by atoms with van der Waals surface area (Å²) >= 11 is 1.89. The van der Waals surface area contributed by atoms with Gasteiger partial charge in [-0.2, -0.15) is 11.8 Å². The van der Waals surface area contributed by atoms with E-state index in [1.165, 1.54) is 0 Å². The molecular weight excluding hydrogens is 182 g/mol. The first-order chi connectivity index (χ1) is 6.11. The van der Waals surface area contributed by atoms with Crippen molar-refractivity contribution < 1.29 is 4.74 Å². The van der Waals surface area contributed by atoms with E-state index in [9.17, 15) is 0 Å². The van der Waals surface area contributed by atoms with Crippen LogP contribution in [-0.2, 0) is 4.74 Å². The molecule has 13 heavy (non-hydrogen) atoms. The number of hydrogen-bond donors (Lipinski definition) is 1. The number of methoxy groups -OCH3 is 1. The highest BCUT2D eigenvalue weighted by atomic mass is 32.2. The molecule has 80 valence electrons. The monoisotopic (exact) mass is 205 g/mol. The Labute approximate surface area is 86.8 Å². The van der Waals surface area contributed by atoms with Crippen LogP contribution in [0.4, 0.5) is 0 Å². The lowest BCUT2D eigenvalue weighted by molar-refractivity contribution is 0.147. The standard InChI is InChI=1S/C10H23NOS/c1-8(2)10(7-12-4)11-6-9(3)13-5/h8-11H,6-7H2,1-5H3. The maximum absolute atomic E-state index is 5.16. The maximum atomic E-state index is 5.16. The minimum atomic E-state index is 0.486. The third-order valence-corrected chi connectivity index (χ3v) is 3.19. The highest BCUT2D eigenvalue weighted by Gasteiger charge is 2.12. The molecular formula is C10H23NOS. The summed E-state index contributed by atoms with van der Waals surface area (Å²) in [6.45, 7) is 8.55. The first-order valence-electron chi connectivity index (χ1n) is 4.86. The lowest BCUT2D eigenvalue weighted by atomic mass is 10.1. The van der Waals surface area contributed by atoms with Crippen LogP contribution in [-0.4, -0.2) is 37.8 Å². The lowest BCUT2D eigenvalue weighted by Crippen LogP contribution is -2.40. The van der Waals surface area contributed by atoms with Crippen LogP contribution in [0.25, 0.3) is 0 Å². The molecule has 0 radical (unpaired) electrons. The molecule has 0 bridgehead atoms. The highest BCUT2D eigenvalue weighted by Crippen LogP contribution is 2.06. The van der Waals surface area contributed by atoms with Gasteiger partial charge in [-0.3, -0.25) is 0 Å². The van der Waals surface area contributed by atoms with Gasteiger partial charge in [0.2, 0.25) is 0 Å². The predicted molar refractivity (Wildman–Crippen MR) is 61.5 cm³/mol. The van der Waals surface area contributed by atoms with E-state index in [-0.39, 0.29) is 0 Å². The van der Waals surface area contributed by atoms with Gasteiger partial charge in [-0.25, -0.2) is 0 Å². The van der Waals surface area contributed by atoms with Crippen molar-refractivity contribution in [2.75, 3.05) is 26.5 Å². The molecule has 0 spiro atoms. The molecule has 1 N–H and O–H groups in total. The molecule has 2 nitrogen and oxygen atoms in total. The summed E-state index contributed by atoms with van der Waals surface area (Å²) < 4.78 is 5.16. The molecule has 0 saturated carbocycles. The molecule has 0 saturated heterocycles. The van der Waals surface area contributed by atoms with E-state index in [0.717, 1.165) is 13.2 Å². The third-order valence-electron chi connectivity index (χ3n) is 2.22. The summed E-state index contributed by atoms with van der Waals surface area (Å²) in [5, 5.41) is 4.20. The number of nitrogens with one attached hydrogen (secondary N) is 1. The van der Waals surface area contributed by atoms with Crippen molar-refractivity contribution in [2.45, 2.75) is 32.1 Å². The number of thioether (sulfide) groups is 1. The van der Waals surface area contributed by atoms with Crippen LogP contribution < -0.4 is 5.32 Å². The van der Waals surface area contributed by atoms with Gasteiger partial charge in [-0.1, -0.05) is 20.8 Å². The molecule has 0 aliphatic heterocycles.